The van der Waals surface area contributed by atoms with Gasteiger partial charge in [-0.05, 0) is 62.8 Å². The number of rotatable bonds is 6. The van der Waals surface area contributed by atoms with Gasteiger partial charge in [0.1, 0.15) is 0 Å². The molecule has 31 heavy (non-hydrogen) atoms. The predicted octanol–water partition coefficient (Wildman–Crippen LogP) is 4.53. The molecule has 8 heteroatoms. The van der Waals surface area contributed by atoms with Crippen LogP contribution in [0.4, 0.5) is 13.2 Å². The number of carbonyl (C=O) groups excluding carboxylic acids is 2. The molecule has 1 aromatic heterocycles. The number of likely N-dealkylation sites (tertiary alicyclic amines) is 1. The highest BCUT2D eigenvalue weighted by Gasteiger charge is 2.30. The second-order valence-electron chi connectivity index (χ2n) is 8.05. The number of carbonyl (C=O) groups is 2. The fourth-order valence-corrected chi connectivity index (χ4v) is 3.98. The average Bonchev–Trinajstić information content (AvgIpc) is 3.03. The topological polar surface area (TPSA) is 65.2 Å². The van der Waals surface area contributed by atoms with Gasteiger partial charge in [-0.25, -0.2) is 0 Å². The van der Waals surface area contributed by atoms with Crippen LogP contribution in [0.3, 0.4) is 0 Å². The summed E-state index contributed by atoms with van der Waals surface area (Å²) in [5.41, 5.74) is 3.14. The number of nitrogens with one attached hydrogen (secondary N) is 2. The molecule has 1 aromatic carbocycles. The molecular formula is C23H28F3N3O2. The number of benzene rings is 1. The van der Waals surface area contributed by atoms with Gasteiger partial charge in [0.25, 0.3) is 5.91 Å². The zero-order valence-electron chi connectivity index (χ0n) is 17.9. The number of halogens is 3. The van der Waals surface area contributed by atoms with Crippen LogP contribution >= 0.6 is 0 Å². The van der Waals surface area contributed by atoms with Crippen LogP contribution < -0.4 is 5.32 Å². The summed E-state index contributed by atoms with van der Waals surface area (Å²) in [5, 5.41) is 2.73. The number of aryl methyl sites for hydroxylation is 2. The van der Waals surface area contributed by atoms with Crippen molar-refractivity contribution in [2.75, 3.05) is 13.1 Å². The van der Waals surface area contributed by atoms with E-state index in [0.717, 1.165) is 61.4 Å². The van der Waals surface area contributed by atoms with Crippen LogP contribution in [-0.2, 0) is 23.9 Å². The van der Waals surface area contributed by atoms with E-state index in [1.54, 1.807) is 0 Å². The van der Waals surface area contributed by atoms with Gasteiger partial charge >= 0.3 is 6.18 Å². The summed E-state index contributed by atoms with van der Waals surface area (Å²) in [7, 11) is 0. The molecule has 5 nitrogen and oxygen atoms in total. The number of hydrogen-bond acceptors (Lipinski definition) is 2. The molecule has 0 saturated carbocycles. The van der Waals surface area contributed by atoms with Crippen LogP contribution in [0.25, 0.3) is 0 Å². The van der Waals surface area contributed by atoms with Gasteiger partial charge in [-0.1, -0.05) is 12.1 Å². The van der Waals surface area contributed by atoms with Crippen molar-refractivity contribution in [1.29, 1.82) is 0 Å². The van der Waals surface area contributed by atoms with E-state index in [2.05, 4.69) is 10.3 Å². The zero-order valence-corrected chi connectivity index (χ0v) is 17.9. The molecule has 2 amide bonds. The Morgan fingerprint density at radius 1 is 1.06 bits per heavy atom. The molecular weight excluding hydrogens is 407 g/mol. The van der Waals surface area contributed by atoms with E-state index >= 15 is 0 Å². The van der Waals surface area contributed by atoms with Gasteiger partial charge in [0.2, 0.25) is 5.91 Å². The van der Waals surface area contributed by atoms with Gasteiger partial charge in [0, 0.05) is 37.4 Å². The molecule has 168 valence electrons. The number of hydrogen-bond donors (Lipinski definition) is 2. The highest BCUT2D eigenvalue weighted by molar-refractivity contribution is 5.97. The molecule has 0 aliphatic carbocycles. The average molecular weight is 435 g/mol. The van der Waals surface area contributed by atoms with Gasteiger partial charge in [-0.15, -0.1) is 0 Å². The number of aromatic amines is 1. The van der Waals surface area contributed by atoms with Crippen LogP contribution in [0, 0.1) is 13.8 Å². The Bertz CT molecular complexity index is 927. The van der Waals surface area contributed by atoms with Crippen LogP contribution in [0.1, 0.15) is 64.1 Å². The Balaban J connectivity index is 1.54. The SMILES string of the molecule is Cc1[nH]c(CCC(=O)NCc2ccc(C(F)(F)F)cc2)c(C)c1C(=O)N1CCCCC1. The number of H-pyrrole nitrogens is 1. The van der Waals surface area contributed by atoms with E-state index in [1.165, 1.54) is 12.1 Å². The molecule has 1 aliphatic heterocycles. The molecule has 0 unspecified atom stereocenters. The van der Waals surface area contributed by atoms with Crippen molar-refractivity contribution in [2.45, 2.75) is 58.7 Å². The number of nitrogens with zero attached hydrogens (tertiary/aromatic N) is 1. The maximum Gasteiger partial charge on any atom is 0.416 e. The number of aromatic nitrogens is 1. The Labute approximate surface area is 180 Å². The van der Waals surface area contributed by atoms with E-state index in [0.29, 0.717) is 17.5 Å². The highest BCUT2D eigenvalue weighted by Crippen LogP contribution is 2.29. The molecule has 1 fully saturated rings. The third-order valence-corrected chi connectivity index (χ3v) is 5.77. The quantitative estimate of drug-likeness (QED) is 0.701. The summed E-state index contributed by atoms with van der Waals surface area (Å²) in [4.78, 5) is 30.3. The van der Waals surface area contributed by atoms with Crippen LogP contribution in [-0.4, -0.2) is 34.8 Å². The lowest BCUT2D eigenvalue weighted by Crippen LogP contribution is -2.36. The van der Waals surface area contributed by atoms with Crippen molar-refractivity contribution >= 4 is 11.8 Å². The fourth-order valence-electron chi connectivity index (χ4n) is 3.98. The molecule has 2 heterocycles. The highest BCUT2D eigenvalue weighted by atomic mass is 19.4. The molecule has 0 bridgehead atoms. The third-order valence-electron chi connectivity index (χ3n) is 5.77. The molecule has 2 aromatic rings. The molecule has 0 spiro atoms. The third kappa shape index (κ3) is 5.68. The van der Waals surface area contributed by atoms with Crippen LogP contribution in [0.5, 0.6) is 0 Å². The van der Waals surface area contributed by atoms with E-state index < -0.39 is 11.7 Å². The second kappa shape index (κ2) is 9.58. The van der Waals surface area contributed by atoms with Crippen LogP contribution in [0.15, 0.2) is 24.3 Å². The molecule has 1 aliphatic rings. The predicted molar refractivity (Wildman–Crippen MR) is 112 cm³/mol. The normalized spacial score (nSPS) is 14.5. The smallest absolute Gasteiger partial charge is 0.362 e. The van der Waals surface area contributed by atoms with Gasteiger partial charge in [0.05, 0.1) is 11.1 Å². The van der Waals surface area contributed by atoms with Crippen molar-refractivity contribution in [2.24, 2.45) is 0 Å². The van der Waals surface area contributed by atoms with Crippen molar-refractivity contribution in [3.63, 3.8) is 0 Å². The van der Waals surface area contributed by atoms with E-state index in [-0.39, 0.29) is 24.8 Å². The zero-order chi connectivity index (χ0) is 22.6. The molecule has 2 N–H and O–H groups in total. The monoisotopic (exact) mass is 435 g/mol. The Morgan fingerprint density at radius 3 is 2.32 bits per heavy atom. The Morgan fingerprint density at radius 2 is 1.71 bits per heavy atom. The first kappa shape index (κ1) is 22.9. The largest absolute Gasteiger partial charge is 0.416 e. The van der Waals surface area contributed by atoms with Crippen molar-refractivity contribution in [1.82, 2.24) is 15.2 Å². The fraction of sp³-hybridized carbons (Fsp3) is 0.478. The second-order valence-corrected chi connectivity index (χ2v) is 8.05. The summed E-state index contributed by atoms with van der Waals surface area (Å²) in [6, 6.07) is 4.74. The lowest BCUT2D eigenvalue weighted by Gasteiger charge is -2.27. The lowest BCUT2D eigenvalue weighted by atomic mass is 10.0. The molecule has 0 radical (unpaired) electrons. The molecule has 1 saturated heterocycles. The van der Waals surface area contributed by atoms with Gasteiger partial charge in [-0.2, -0.15) is 13.2 Å². The molecule has 3 rings (SSSR count). The van der Waals surface area contributed by atoms with E-state index in [1.807, 2.05) is 18.7 Å². The maximum absolute atomic E-state index is 12.9. The standard InChI is InChI=1S/C23H28F3N3O2/c1-15-19(28-16(2)21(15)22(31)29-12-4-3-5-13-29)10-11-20(30)27-14-17-6-8-18(9-7-17)23(24,25)26/h6-9,28H,3-5,10-14H2,1-2H3,(H,27,30). The minimum atomic E-state index is -4.37. The summed E-state index contributed by atoms with van der Waals surface area (Å²) in [5.74, 6) is -0.153. The number of amides is 2. The van der Waals surface area contributed by atoms with E-state index in [9.17, 15) is 22.8 Å². The van der Waals surface area contributed by atoms with Crippen molar-refractivity contribution < 1.29 is 22.8 Å². The van der Waals surface area contributed by atoms with Gasteiger partial charge in [-0.3, -0.25) is 9.59 Å². The van der Waals surface area contributed by atoms with Crippen molar-refractivity contribution in [3.05, 3.63) is 57.9 Å². The van der Waals surface area contributed by atoms with Gasteiger partial charge in [0.15, 0.2) is 0 Å². The number of piperidine rings is 1. The minimum Gasteiger partial charge on any atom is -0.362 e. The maximum atomic E-state index is 12.9. The minimum absolute atomic E-state index is 0.0453. The first-order valence-electron chi connectivity index (χ1n) is 10.6. The number of alkyl halides is 3. The lowest BCUT2D eigenvalue weighted by molar-refractivity contribution is -0.137. The summed E-state index contributed by atoms with van der Waals surface area (Å²) >= 11 is 0. The van der Waals surface area contributed by atoms with Crippen LogP contribution in [0.2, 0.25) is 0 Å². The van der Waals surface area contributed by atoms with E-state index in [4.69, 9.17) is 0 Å². The summed E-state index contributed by atoms with van der Waals surface area (Å²) in [6.45, 7) is 5.50. The Kier molecular flexibility index (Phi) is 7.08. The summed E-state index contributed by atoms with van der Waals surface area (Å²) in [6.07, 6.45) is -0.484. The Hall–Kier alpha value is -2.77. The summed E-state index contributed by atoms with van der Waals surface area (Å²) < 4.78 is 37.9. The van der Waals surface area contributed by atoms with Crippen molar-refractivity contribution in [3.8, 4) is 0 Å². The van der Waals surface area contributed by atoms with Gasteiger partial charge < -0.3 is 15.2 Å². The first-order chi connectivity index (χ1) is 14.7. The molecule has 0 atom stereocenters. The first-order valence-corrected chi connectivity index (χ1v) is 10.6.